The summed E-state index contributed by atoms with van der Waals surface area (Å²) in [5, 5.41) is 14.7. The van der Waals surface area contributed by atoms with E-state index in [0.717, 1.165) is 10.4 Å². The van der Waals surface area contributed by atoms with Crippen molar-refractivity contribution >= 4 is 34.0 Å². The molecule has 24 heavy (non-hydrogen) atoms. The minimum Gasteiger partial charge on any atom is -0.387 e. The van der Waals surface area contributed by atoms with E-state index >= 15 is 0 Å². The van der Waals surface area contributed by atoms with Crippen LogP contribution in [0.15, 0.2) is 30.5 Å². The summed E-state index contributed by atoms with van der Waals surface area (Å²) < 4.78 is 0. The van der Waals surface area contributed by atoms with Gasteiger partial charge in [0.05, 0.1) is 5.92 Å². The second-order valence-corrected chi connectivity index (χ2v) is 6.82. The van der Waals surface area contributed by atoms with Gasteiger partial charge in [-0.1, -0.05) is 26.0 Å². The largest absolute Gasteiger partial charge is 0.387 e. The van der Waals surface area contributed by atoms with Crippen LogP contribution in [0.1, 0.15) is 43.0 Å². The van der Waals surface area contributed by atoms with Crippen LogP contribution in [-0.4, -0.2) is 28.5 Å². The average molecular weight is 347 g/mol. The fourth-order valence-corrected chi connectivity index (χ4v) is 2.85. The van der Waals surface area contributed by atoms with Crippen LogP contribution in [0.5, 0.6) is 0 Å². The number of anilines is 2. The first-order valence-electron chi connectivity index (χ1n) is 7.68. The van der Waals surface area contributed by atoms with Gasteiger partial charge >= 0.3 is 0 Å². The summed E-state index contributed by atoms with van der Waals surface area (Å²) in [6, 6.07) is 6.96. The third kappa shape index (κ3) is 4.62. The van der Waals surface area contributed by atoms with Crippen molar-refractivity contribution in [3.63, 3.8) is 0 Å². The molecule has 0 spiro atoms. The van der Waals surface area contributed by atoms with E-state index in [0.29, 0.717) is 16.7 Å². The van der Waals surface area contributed by atoms with E-state index in [-0.39, 0.29) is 11.8 Å². The van der Waals surface area contributed by atoms with E-state index in [9.17, 15) is 9.59 Å². The average Bonchev–Trinajstić information content (AvgIpc) is 3.03. The molecule has 7 heteroatoms. The number of aliphatic hydroxyl groups excluding tert-OH is 1. The van der Waals surface area contributed by atoms with Gasteiger partial charge in [0.25, 0.3) is 0 Å². The summed E-state index contributed by atoms with van der Waals surface area (Å²) in [7, 11) is 0. The first-order valence-corrected chi connectivity index (χ1v) is 8.49. The number of amides is 2. The highest BCUT2D eigenvalue weighted by Gasteiger charge is 2.17. The van der Waals surface area contributed by atoms with Crippen LogP contribution in [0.4, 0.5) is 10.8 Å². The Bertz CT molecular complexity index is 710. The number of rotatable bonds is 6. The monoisotopic (exact) mass is 347 g/mol. The molecule has 2 rings (SSSR count). The molecule has 128 valence electrons. The number of hydrogen-bond donors (Lipinski definition) is 3. The highest BCUT2D eigenvalue weighted by molar-refractivity contribution is 7.15. The minimum atomic E-state index is -0.563. The SMILES string of the molecule is CC(C)c1cnc(NC(=O)[C@@H](C)c2ccc(NC(=O)CO)cc2)s1. The lowest BCUT2D eigenvalue weighted by Gasteiger charge is -2.12. The molecule has 0 aliphatic rings. The smallest absolute Gasteiger partial charge is 0.250 e. The Labute approximate surface area is 144 Å². The molecule has 0 bridgehead atoms. The quantitative estimate of drug-likeness (QED) is 0.749. The fraction of sp³-hybridized carbons (Fsp3) is 0.353. The molecule has 0 radical (unpaired) electrons. The molecule has 0 aliphatic heterocycles. The highest BCUT2D eigenvalue weighted by atomic mass is 32.1. The predicted molar refractivity (Wildman–Crippen MR) is 95.4 cm³/mol. The minimum absolute atomic E-state index is 0.133. The van der Waals surface area contributed by atoms with Gasteiger partial charge in [-0.15, -0.1) is 11.3 Å². The zero-order valence-corrected chi connectivity index (χ0v) is 14.7. The molecule has 0 fully saturated rings. The van der Waals surface area contributed by atoms with Crippen LogP contribution in [-0.2, 0) is 9.59 Å². The number of thiazole rings is 1. The molecular formula is C17H21N3O3S. The molecule has 0 saturated carbocycles. The summed E-state index contributed by atoms with van der Waals surface area (Å²) in [5.74, 6) is -0.573. The van der Waals surface area contributed by atoms with Crippen LogP contribution in [0.2, 0.25) is 0 Å². The summed E-state index contributed by atoms with van der Waals surface area (Å²) >= 11 is 1.48. The number of aliphatic hydroxyl groups is 1. The zero-order chi connectivity index (χ0) is 17.7. The summed E-state index contributed by atoms with van der Waals surface area (Å²) in [6.07, 6.45) is 1.79. The molecule has 1 heterocycles. The van der Waals surface area contributed by atoms with Gasteiger partial charge in [0.2, 0.25) is 11.8 Å². The fourth-order valence-electron chi connectivity index (χ4n) is 2.03. The van der Waals surface area contributed by atoms with E-state index in [1.54, 1.807) is 30.5 Å². The van der Waals surface area contributed by atoms with Crippen LogP contribution in [0.3, 0.4) is 0 Å². The van der Waals surface area contributed by atoms with Crippen molar-refractivity contribution in [1.82, 2.24) is 4.98 Å². The van der Waals surface area contributed by atoms with Crippen LogP contribution < -0.4 is 10.6 Å². The van der Waals surface area contributed by atoms with Gasteiger partial charge < -0.3 is 15.7 Å². The Hall–Kier alpha value is -2.25. The van der Waals surface area contributed by atoms with Crippen LogP contribution >= 0.6 is 11.3 Å². The number of aromatic nitrogens is 1. The van der Waals surface area contributed by atoms with Gasteiger partial charge in [-0.2, -0.15) is 0 Å². The van der Waals surface area contributed by atoms with Gasteiger partial charge in [-0.05, 0) is 30.5 Å². The highest BCUT2D eigenvalue weighted by Crippen LogP contribution is 2.26. The molecule has 0 aliphatic carbocycles. The van der Waals surface area contributed by atoms with Crippen molar-refractivity contribution in [3.05, 3.63) is 40.9 Å². The van der Waals surface area contributed by atoms with E-state index in [2.05, 4.69) is 29.5 Å². The van der Waals surface area contributed by atoms with Crippen molar-refractivity contribution in [2.75, 3.05) is 17.2 Å². The van der Waals surface area contributed by atoms with Crippen molar-refractivity contribution in [2.24, 2.45) is 0 Å². The summed E-state index contributed by atoms with van der Waals surface area (Å²) in [6.45, 7) is 5.41. The van der Waals surface area contributed by atoms with E-state index < -0.39 is 12.5 Å². The summed E-state index contributed by atoms with van der Waals surface area (Å²) in [5.41, 5.74) is 1.40. The van der Waals surface area contributed by atoms with E-state index in [1.807, 2.05) is 6.92 Å². The first kappa shape index (κ1) is 18.1. The van der Waals surface area contributed by atoms with Crippen molar-refractivity contribution in [3.8, 4) is 0 Å². The Morgan fingerprint density at radius 2 is 1.83 bits per heavy atom. The van der Waals surface area contributed by atoms with Crippen molar-refractivity contribution < 1.29 is 14.7 Å². The predicted octanol–water partition coefficient (Wildman–Crippen LogP) is 2.94. The topological polar surface area (TPSA) is 91.3 Å². The molecular weight excluding hydrogens is 326 g/mol. The number of nitrogens with one attached hydrogen (secondary N) is 2. The molecule has 3 N–H and O–H groups in total. The number of carbonyl (C=O) groups is 2. The molecule has 1 aromatic heterocycles. The number of carbonyl (C=O) groups excluding carboxylic acids is 2. The van der Waals surface area contributed by atoms with Gasteiger partial charge in [-0.3, -0.25) is 9.59 Å². The number of nitrogens with zero attached hydrogens (tertiary/aromatic N) is 1. The Balaban J connectivity index is 2.00. The third-order valence-electron chi connectivity index (χ3n) is 3.55. The van der Waals surface area contributed by atoms with Crippen LogP contribution in [0, 0.1) is 0 Å². The Kier molecular flexibility index (Phi) is 6.05. The van der Waals surface area contributed by atoms with E-state index in [1.165, 1.54) is 11.3 Å². The Morgan fingerprint density at radius 1 is 1.17 bits per heavy atom. The second kappa shape index (κ2) is 8.03. The maximum Gasteiger partial charge on any atom is 0.250 e. The van der Waals surface area contributed by atoms with Gasteiger partial charge in [-0.25, -0.2) is 4.98 Å². The molecule has 2 amide bonds. The standard InChI is InChI=1S/C17H21N3O3S/c1-10(2)14-8-18-17(24-14)20-16(23)11(3)12-4-6-13(7-5-12)19-15(22)9-21/h4-8,10-11,21H,9H2,1-3H3,(H,19,22)(H,18,20,23)/t11-/m0/s1. The van der Waals surface area contributed by atoms with Gasteiger partial charge in [0.1, 0.15) is 6.61 Å². The molecule has 1 aromatic carbocycles. The first-order chi connectivity index (χ1) is 11.4. The van der Waals surface area contributed by atoms with Gasteiger partial charge in [0, 0.05) is 16.8 Å². The number of hydrogen-bond acceptors (Lipinski definition) is 5. The Morgan fingerprint density at radius 3 is 2.38 bits per heavy atom. The maximum atomic E-state index is 12.4. The lowest BCUT2D eigenvalue weighted by molar-refractivity contribution is -0.119. The maximum absolute atomic E-state index is 12.4. The molecule has 2 aromatic rings. The van der Waals surface area contributed by atoms with Crippen molar-refractivity contribution in [2.45, 2.75) is 32.6 Å². The number of benzene rings is 1. The molecule has 0 saturated heterocycles. The lowest BCUT2D eigenvalue weighted by atomic mass is 10.0. The third-order valence-corrected chi connectivity index (χ3v) is 4.77. The summed E-state index contributed by atoms with van der Waals surface area (Å²) in [4.78, 5) is 28.8. The molecule has 0 unspecified atom stereocenters. The lowest BCUT2D eigenvalue weighted by Crippen LogP contribution is -2.19. The van der Waals surface area contributed by atoms with E-state index in [4.69, 9.17) is 5.11 Å². The van der Waals surface area contributed by atoms with Crippen molar-refractivity contribution in [1.29, 1.82) is 0 Å². The normalized spacial score (nSPS) is 12.0. The van der Waals surface area contributed by atoms with Crippen LogP contribution in [0.25, 0.3) is 0 Å². The zero-order valence-electron chi connectivity index (χ0n) is 13.9. The molecule has 6 nitrogen and oxygen atoms in total. The molecule has 1 atom stereocenters. The van der Waals surface area contributed by atoms with Gasteiger partial charge in [0.15, 0.2) is 5.13 Å². The second-order valence-electron chi connectivity index (χ2n) is 5.76.